The second-order valence-electron chi connectivity index (χ2n) is 11.9. The van der Waals surface area contributed by atoms with E-state index in [-0.39, 0.29) is 12.0 Å². The van der Waals surface area contributed by atoms with E-state index in [1.54, 1.807) is 14.2 Å². The van der Waals surface area contributed by atoms with Crippen LogP contribution < -0.4 is 24.4 Å². The lowest BCUT2D eigenvalue weighted by Gasteiger charge is -2.33. The molecule has 3 aromatic carbocycles. The SMILES string of the molecule is COCCCN1C(=O)CCc2ccc(COC3CNCCC3c3ccc(OCCCCOc4c(C)cccc4OC)cc3)cc21. The van der Waals surface area contributed by atoms with Crippen molar-refractivity contribution in [1.29, 1.82) is 0 Å². The number of aryl methyl sites for hydroxylation is 2. The number of ether oxygens (including phenoxy) is 5. The average molecular weight is 617 g/mol. The number of amides is 1. The Bertz CT molecular complexity index is 1380. The van der Waals surface area contributed by atoms with E-state index < -0.39 is 0 Å². The van der Waals surface area contributed by atoms with Crippen LogP contribution >= 0.6 is 0 Å². The molecule has 2 atom stereocenters. The van der Waals surface area contributed by atoms with Crippen molar-refractivity contribution >= 4 is 11.6 Å². The molecule has 5 rings (SSSR count). The van der Waals surface area contributed by atoms with Crippen molar-refractivity contribution in [3.8, 4) is 17.2 Å². The van der Waals surface area contributed by atoms with E-state index in [4.69, 9.17) is 23.7 Å². The zero-order valence-electron chi connectivity index (χ0n) is 27.0. The Labute approximate surface area is 268 Å². The molecule has 0 radical (unpaired) electrons. The predicted molar refractivity (Wildman–Crippen MR) is 177 cm³/mol. The molecule has 0 bridgehead atoms. The van der Waals surface area contributed by atoms with Gasteiger partial charge in [-0.3, -0.25) is 4.79 Å². The molecule has 45 heavy (non-hydrogen) atoms. The van der Waals surface area contributed by atoms with Crippen LogP contribution in [-0.4, -0.2) is 65.7 Å². The number of rotatable bonds is 16. The first-order chi connectivity index (χ1) is 22.1. The maximum atomic E-state index is 12.7. The minimum absolute atomic E-state index is 0.0628. The van der Waals surface area contributed by atoms with Gasteiger partial charge in [-0.25, -0.2) is 0 Å². The van der Waals surface area contributed by atoms with Gasteiger partial charge in [0.2, 0.25) is 5.91 Å². The lowest BCUT2D eigenvalue weighted by Crippen LogP contribution is -2.41. The standard InChI is InChI=1S/C37H48N2O6/c1-27-8-6-9-34(42-3)37(27)44-23-5-4-22-43-31-15-12-29(13-16-31)32-18-19-38-25-35(32)45-26-28-10-11-30-14-17-36(40)39(33(30)24-28)20-7-21-41-2/h6,8-13,15-16,24,32,35,38H,4-5,7,14,17-23,25-26H2,1-3H3. The van der Waals surface area contributed by atoms with E-state index in [1.807, 2.05) is 30.0 Å². The number of carbonyl (C=O) groups excluding carboxylic acids is 1. The molecule has 2 unspecified atom stereocenters. The largest absolute Gasteiger partial charge is 0.494 e. The number of nitrogens with one attached hydrogen (secondary N) is 1. The van der Waals surface area contributed by atoms with Crippen LogP contribution in [0.3, 0.4) is 0 Å². The summed E-state index contributed by atoms with van der Waals surface area (Å²) in [5, 5.41) is 3.51. The molecule has 0 aliphatic carbocycles. The summed E-state index contributed by atoms with van der Waals surface area (Å²) in [6.07, 6.45) is 5.06. The molecular weight excluding hydrogens is 568 g/mol. The third kappa shape index (κ3) is 8.78. The van der Waals surface area contributed by atoms with Crippen molar-refractivity contribution in [1.82, 2.24) is 5.32 Å². The van der Waals surface area contributed by atoms with Crippen molar-refractivity contribution in [2.24, 2.45) is 0 Å². The van der Waals surface area contributed by atoms with Gasteiger partial charge in [0.05, 0.1) is 33.0 Å². The number of unbranched alkanes of at least 4 members (excludes halogenated alkanes) is 1. The normalized spacial score (nSPS) is 18.0. The zero-order chi connectivity index (χ0) is 31.4. The molecule has 2 aliphatic rings. The van der Waals surface area contributed by atoms with E-state index in [1.165, 1.54) is 11.1 Å². The molecule has 242 valence electrons. The van der Waals surface area contributed by atoms with Crippen LogP contribution in [0.1, 0.15) is 60.3 Å². The van der Waals surface area contributed by atoms with Crippen molar-refractivity contribution in [2.45, 2.75) is 64.1 Å². The van der Waals surface area contributed by atoms with E-state index in [0.29, 0.717) is 45.3 Å². The van der Waals surface area contributed by atoms with Crippen molar-refractivity contribution < 1.29 is 28.5 Å². The highest BCUT2D eigenvalue weighted by Gasteiger charge is 2.28. The zero-order valence-corrected chi connectivity index (χ0v) is 27.0. The minimum Gasteiger partial charge on any atom is -0.494 e. The second kappa shape index (κ2) is 16.6. The lowest BCUT2D eigenvalue weighted by molar-refractivity contribution is -0.118. The summed E-state index contributed by atoms with van der Waals surface area (Å²) < 4.78 is 29.2. The van der Waals surface area contributed by atoms with Gasteiger partial charge in [0.1, 0.15) is 5.75 Å². The molecule has 1 fully saturated rings. The van der Waals surface area contributed by atoms with Crippen LogP contribution in [0.5, 0.6) is 17.2 Å². The molecule has 0 spiro atoms. The van der Waals surface area contributed by atoms with Crippen LogP contribution in [0.2, 0.25) is 0 Å². The summed E-state index contributed by atoms with van der Waals surface area (Å²) in [6.45, 7) is 6.91. The van der Waals surface area contributed by atoms with Crippen LogP contribution in [0.15, 0.2) is 60.7 Å². The number of fused-ring (bicyclic) bond motifs is 1. The fraction of sp³-hybridized carbons (Fsp3) is 0.486. The summed E-state index contributed by atoms with van der Waals surface area (Å²) in [7, 11) is 3.36. The van der Waals surface area contributed by atoms with E-state index in [0.717, 1.165) is 79.3 Å². The Hall–Kier alpha value is -3.59. The molecule has 2 aliphatic heterocycles. The summed E-state index contributed by atoms with van der Waals surface area (Å²) >= 11 is 0. The summed E-state index contributed by atoms with van der Waals surface area (Å²) in [4.78, 5) is 14.6. The monoisotopic (exact) mass is 616 g/mol. The van der Waals surface area contributed by atoms with Gasteiger partial charge in [-0.05, 0) is 92.1 Å². The van der Waals surface area contributed by atoms with E-state index in [9.17, 15) is 4.79 Å². The molecule has 0 aromatic heterocycles. The van der Waals surface area contributed by atoms with Gasteiger partial charge in [0, 0.05) is 44.8 Å². The number of benzene rings is 3. The quantitative estimate of drug-likeness (QED) is 0.192. The molecule has 8 nitrogen and oxygen atoms in total. The Balaban J connectivity index is 1.10. The number of piperidine rings is 1. The van der Waals surface area contributed by atoms with E-state index in [2.05, 4.69) is 47.8 Å². The molecule has 1 N–H and O–H groups in total. The first-order valence-corrected chi connectivity index (χ1v) is 16.3. The molecular formula is C37H48N2O6. The summed E-state index contributed by atoms with van der Waals surface area (Å²) in [5.74, 6) is 2.96. The lowest BCUT2D eigenvalue weighted by atomic mass is 9.87. The molecule has 3 aromatic rings. The van der Waals surface area contributed by atoms with Gasteiger partial charge in [-0.1, -0.05) is 36.4 Å². The number of methoxy groups -OCH3 is 2. The average Bonchev–Trinajstić information content (AvgIpc) is 3.07. The first kappa shape index (κ1) is 32.8. The molecule has 1 saturated heterocycles. The smallest absolute Gasteiger partial charge is 0.227 e. The number of hydrogen-bond acceptors (Lipinski definition) is 7. The Kier molecular flexibility index (Phi) is 12.1. The van der Waals surface area contributed by atoms with Gasteiger partial charge in [0.25, 0.3) is 0 Å². The number of para-hydroxylation sites is 1. The highest BCUT2D eigenvalue weighted by molar-refractivity contribution is 5.96. The molecule has 8 heteroatoms. The van der Waals surface area contributed by atoms with Gasteiger partial charge < -0.3 is 33.9 Å². The van der Waals surface area contributed by atoms with Crippen LogP contribution in [-0.2, 0) is 27.3 Å². The third-order valence-electron chi connectivity index (χ3n) is 8.73. The Morgan fingerprint density at radius 3 is 2.53 bits per heavy atom. The first-order valence-electron chi connectivity index (χ1n) is 16.3. The van der Waals surface area contributed by atoms with E-state index >= 15 is 0 Å². The Morgan fingerprint density at radius 2 is 1.73 bits per heavy atom. The number of nitrogens with zero attached hydrogens (tertiary/aromatic N) is 1. The molecule has 1 amide bonds. The topological polar surface area (TPSA) is 78.5 Å². The van der Waals surface area contributed by atoms with Crippen molar-refractivity contribution in [3.05, 3.63) is 82.9 Å². The fourth-order valence-electron chi connectivity index (χ4n) is 6.23. The maximum Gasteiger partial charge on any atom is 0.227 e. The third-order valence-corrected chi connectivity index (χ3v) is 8.73. The van der Waals surface area contributed by atoms with Crippen LogP contribution in [0, 0.1) is 6.92 Å². The second-order valence-corrected chi connectivity index (χ2v) is 11.9. The maximum absolute atomic E-state index is 12.7. The Morgan fingerprint density at radius 1 is 0.911 bits per heavy atom. The van der Waals surface area contributed by atoms with Crippen molar-refractivity contribution in [2.75, 3.05) is 58.6 Å². The van der Waals surface area contributed by atoms with Gasteiger partial charge in [-0.15, -0.1) is 0 Å². The summed E-state index contributed by atoms with van der Waals surface area (Å²) in [6, 6.07) is 20.9. The predicted octanol–water partition coefficient (Wildman–Crippen LogP) is 6.22. The van der Waals surface area contributed by atoms with Gasteiger partial charge >= 0.3 is 0 Å². The highest BCUT2D eigenvalue weighted by atomic mass is 16.5. The molecule has 2 heterocycles. The van der Waals surface area contributed by atoms with Gasteiger partial charge in [-0.2, -0.15) is 0 Å². The number of hydrogen-bond donors (Lipinski definition) is 1. The number of carbonyl (C=O) groups is 1. The summed E-state index contributed by atoms with van der Waals surface area (Å²) in [5.41, 5.74) is 5.69. The van der Waals surface area contributed by atoms with Crippen LogP contribution in [0.4, 0.5) is 5.69 Å². The van der Waals surface area contributed by atoms with Gasteiger partial charge in [0.15, 0.2) is 11.5 Å². The molecule has 0 saturated carbocycles. The highest BCUT2D eigenvalue weighted by Crippen LogP contribution is 2.33. The van der Waals surface area contributed by atoms with Crippen LogP contribution in [0.25, 0.3) is 0 Å². The number of anilines is 1. The van der Waals surface area contributed by atoms with Crippen molar-refractivity contribution in [3.63, 3.8) is 0 Å². The fourth-order valence-corrected chi connectivity index (χ4v) is 6.23. The minimum atomic E-state index is 0.0628.